The van der Waals surface area contributed by atoms with Gasteiger partial charge in [-0.15, -0.1) is 0 Å². The van der Waals surface area contributed by atoms with Crippen LogP contribution in [0.15, 0.2) is 0 Å². The third kappa shape index (κ3) is 1.07. The van der Waals surface area contributed by atoms with Gasteiger partial charge in [0, 0.05) is 0 Å². The lowest BCUT2D eigenvalue weighted by Crippen LogP contribution is -2.28. The number of carbonyl (C=O) groups is 1. The summed E-state index contributed by atoms with van der Waals surface area (Å²) in [6, 6.07) is 0.134. The highest BCUT2D eigenvalue weighted by Gasteiger charge is 2.29. The first-order valence-electron chi connectivity index (χ1n) is 3.01. The number of aldehydes is 1. The average Bonchev–Trinajstić information content (AvgIpc) is 2.53. The highest BCUT2D eigenvalue weighted by molar-refractivity contribution is 5.58. The fourth-order valence-electron chi connectivity index (χ4n) is 0.870. The Labute approximate surface area is 49.3 Å². The van der Waals surface area contributed by atoms with Crippen LogP contribution in [-0.4, -0.2) is 19.4 Å². The molecule has 2 heteroatoms. The van der Waals surface area contributed by atoms with Crippen LogP contribution in [-0.2, 0) is 4.79 Å². The van der Waals surface area contributed by atoms with Gasteiger partial charge in [-0.25, -0.2) is 0 Å². The highest BCUT2D eigenvalue weighted by Crippen LogP contribution is 2.31. The molecule has 46 valence electrons. The van der Waals surface area contributed by atoms with Crippen molar-refractivity contribution < 1.29 is 4.79 Å². The Bertz CT molecular complexity index is 88.5. The Morgan fingerprint density at radius 3 is 2.50 bits per heavy atom. The molecule has 1 N–H and O–H groups in total. The maximum absolute atomic E-state index is 10.2. The maximum Gasteiger partial charge on any atom is 0.137 e. The molecule has 0 saturated heterocycles. The lowest BCUT2D eigenvalue weighted by Gasteiger charge is -2.03. The minimum Gasteiger partial charge on any atom is -0.311 e. The van der Waals surface area contributed by atoms with Gasteiger partial charge in [-0.3, -0.25) is 0 Å². The van der Waals surface area contributed by atoms with Crippen molar-refractivity contribution >= 4 is 6.29 Å². The van der Waals surface area contributed by atoms with Crippen molar-refractivity contribution in [1.82, 2.24) is 5.32 Å². The topological polar surface area (TPSA) is 29.1 Å². The maximum atomic E-state index is 10.2. The molecule has 0 unspecified atom stereocenters. The number of carbonyl (C=O) groups excluding carboxylic acids is 1. The van der Waals surface area contributed by atoms with Crippen LogP contribution < -0.4 is 5.32 Å². The summed E-state index contributed by atoms with van der Waals surface area (Å²) in [5, 5.41) is 2.95. The van der Waals surface area contributed by atoms with Crippen LogP contribution in [0, 0.1) is 5.92 Å². The predicted molar refractivity (Wildman–Crippen MR) is 31.6 cm³/mol. The van der Waals surface area contributed by atoms with Gasteiger partial charge in [-0.1, -0.05) is 0 Å². The first-order valence-corrected chi connectivity index (χ1v) is 3.01. The van der Waals surface area contributed by atoms with E-state index in [2.05, 4.69) is 5.32 Å². The minimum absolute atomic E-state index is 0.134. The third-order valence-corrected chi connectivity index (χ3v) is 1.61. The summed E-state index contributed by atoms with van der Waals surface area (Å²) in [7, 11) is 1.83. The highest BCUT2D eigenvalue weighted by atomic mass is 16.1. The number of hydrogen-bond donors (Lipinski definition) is 1. The van der Waals surface area contributed by atoms with Crippen LogP contribution in [0.5, 0.6) is 0 Å². The molecule has 0 aromatic carbocycles. The third-order valence-electron chi connectivity index (χ3n) is 1.61. The zero-order valence-corrected chi connectivity index (χ0v) is 5.05. The first-order chi connectivity index (χ1) is 3.88. The van der Waals surface area contributed by atoms with Crippen molar-refractivity contribution in [3.05, 3.63) is 0 Å². The summed E-state index contributed by atoms with van der Waals surface area (Å²) in [4.78, 5) is 10.2. The normalized spacial score (nSPS) is 22.6. The number of hydrogen-bond acceptors (Lipinski definition) is 2. The largest absolute Gasteiger partial charge is 0.311 e. The zero-order chi connectivity index (χ0) is 5.98. The molecule has 0 spiro atoms. The molecule has 1 atom stereocenters. The van der Waals surface area contributed by atoms with E-state index >= 15 is 0 Å². The first kappa shape index (κ1) is 5.76. The van der Waals surface area contributed by atoms with Crippen LogP contribution in [0.4, 0.5) is 0 Å². The Kier molecular flexibility index (Phi) is 1.63. The number of nitrogens with one attached hydrogen (secondary N) is 1. The van der Waals surface area contributed by atoms with E-state index in [4.69, 9.17) is 0 Å². The van der Waals surface area contributed by atoms with Crippen LogP contribution in [0.25, 0.3) is 0 Å². The van der Waals surface area contributed by atoms with E-state index in [0.29, 0.717) is 5.92 Å². The van der Waals surface area contributed by atoms with Crippen LogP contribution in [0.3, 0.4) is 0 Å². The van der Waals surface area contributed by atoms with Crippen molar-refractivity contribution in [3.63, 3.8) is 0 Å². The molecule has 0 amide bonds. The standard InChI is InChI=1S/C6H11NO/c1-7-6(4-8)5-2-3-5/h4-7H,2-3H2,1H3/t6-/m1/s1. The number of rotatable bonds is 3. The van der Waals surface area contributed by atoms with E-state index in [1.54, 1.807) is 0 Å². The van der Waals surface area contributed by atoms with Crippen molar-refractivity contribution in [2.24, 2.45) is 5.92 Å². The second kappa shape index (κ2) is 2.27. The lowest BCUT2D eigenvalue weighted by atomic mass is 10.2. The summed E-state index contributed by atoms with van der Waals surface area (Å²) in [5.41, 5.74) is 0. The molecule has 0 aromatic heterocycles. The van der Waals surface area contributed by atoms with Crippen molar-refractivity contribution in [2.45, 2.75) is 18.9 Å². The molecule has 0 aliphatic heterocycles. The molecule has 1 fully saturated rings. The van der Waals surface area contributed by atoms with Crippen LogP contribution in [0.1, 0.15) is 12.8 Å². The summed E-state index contributed by atoms with van der Waals surface area (Å²) >= 11 is 0. The Hall–Kier alpha value is -0.370. The molecule has 1 aliphatic carbocycles. The zero-order valence-electron chi connectivity index (χ0n) is 5.05. The molecule has 2 nitrogen and oxygen atoms in total. The van der Waals surface area contributed by atoms with Gasteiger partial charge in [-0.05, 0) is 25.8 Å². The summed E-state index contributed by atoms with van der Waals surface area (Å²) < 4.78 is 0. The fourth-order valence-corrected chi connectivity index (χ4v) is 0.870. The van der Waals surface area contributed by atoms with E-state index in [-0.39, 0.29) is 6.04 Å². The minimum atomic E-state index is 0.134. The van der Waals surface area contributed by atoms with Crippen molar-refractivity contribution in [3.8, 4) is 0 Å². The smallest absolute Gasteiger partial charge is 0.137 e. The molecule has 1 saturated carbocycles. The predicted octanol–water partition coefficient (Wildman–Crippen LogP) is 0.183. The molecular weight excluding hydrogens is 102 g/mol. The molecule has 0 aromatic rings. The van der Waals surface area contributed by atoms with Gasteiger partial charge in [0.05, 0.1) is 6.04 Å². The second-order valence-electron chi connectivity index (χ2n) is 2.29. The van der Waals surface area contributed by atoms with E-state index in [1.165, 1.54) is 12.8 Å². The van der Waals surface area contributed by atoms with Crippen molar-refractivity contribution in [2.75, 3.05) is 7.05 Å². The Morgan fingerprint density at radius 2 is 2.38 bits per heavy atom. The second-order valence-corrected chi connectivity index (χ2v) is 2.29. The molecule has 0 heterocycles. The molecular formula is C6H11NO. The van der Waals surface area contributed by atoms with Gasteiger partial charge in [-0.2, -0.15) is 0 Å². The van der Waals surface area contributed by atoms with E-state index in [9.17, 15) is 4.79 Å². The molecule has 0 bridgehead atoms. The van der Waals surface area contributed by atoms with Crippen LogP contribution >= 0.6 is 0 Å². The van der Waals surface area contributed by atoms with Gasteiger partial charge in [0.15, 0.2) is 0 Å². The Morgan fingerprint density at radius 1 is 1.75 bits per heavy atom. The van der Waals surface area contributed by atoms with Gasteiger partial charge >= 0.3 is 0 Å². The van der Waals surface area contributed by atoms with Crippen molar-refractivity contribution in [1.29, 1.82) is 0 Å². The van der Waals surface area contributed by atoms with E-state index < -0.39 is 0 Å². The Balaban J connectivity index is 2.25. The van der Waals surface area contributed by atoms with Crippen LogP contribution in [0.2, 0.25) is 0 Å². The van der Waals surface area contributed by atoms with Gasteiger partial charge in [0.1, 0.15) is 6.29 Å². The monoisotopic (exact) mass is 113 g/mol. The molecule has 0 radical (unpaired) electrons. The summed E-state index contributed by atoms with van der Waals surface area (Å²) in [5.74, 6) is 0.650. The number of likely N-dealkylation sites (N-methyl/N-ethyl adjacent to an activating group) is 1. The lowest BCUT2D eigenvalue weighted by molar-refractivity contribution is -0.109. The average molecular weight is 113 g/mol. The van der Waals surface area contributed by atoms with Gasteiger partial charge in [0.2, 0.25) is 0 Å². The summed E-state index contributed by atoms with van der Waals surface area (Å²) in [6.45, 7) is 0. The molecule has 1 rings (SSSR count). The van der Waals surface area contributed by atoms with Gasteiger partial charge in [0.25, 0.3) is 0 Å². The summed E-state index contributed by atoms with van der Waals surface area (Å²) in [6.07, 6.45) is 3.45. The fraction of sp³-hybridized carbons (Fsp3) is 0.833. The quantitative estimate of drug-likeness (QED) is 0.529. The van der Waals surface area contributed by atoms with E-state index in [0.717, 1.165) is 6.29 Å². The van der Waals surface area contributed by atoms with E-state index in [1.807, 2.05) is 7.05 Å². The molecule has 1 aliphatic rings. The van der Waals surface area contributed by atoms with Gasteiger partial charge < -0.3 is 10.1 Å². The SMILES string of the molecule is CN[C@H](C=O)C1CC1. The molecule has 8 heavy (non-hydrogen) atoms.